The van der Waals surface area contributed by atoms with Gasteiger partial charge in [-0.2, -0.15) is 10.2 Å². The quantitative estimate of drug-likeness (QED) is 0.529. The molecule has 1 N–H and O–H groups in total. The van der Waals surface area contributed by atoms with Crippen LogP contribution in [-0.4, -0.2) is 35.0 Å². The van der Waals surface area contributed by atoms with E-state index in [1.165, 1.54) is 38.5 Å². The standard InChI is InChI=1S/C27H35N5O/c1-19-24(18-28-29-26(33)27-15-20-12-21(16-27)14-22(13-20)17-27)25(31-10-6-3-7-11-31)32(30-19)23-8-4-2-5-9-23/h2,4-5,8-9,18,20-22H,3,6-7,10-17H2,1H3,(H,29,33)/b28-18-. The van der Waals surface area contributed by atoms with Gasteiger partial charge in [0.2, 0.25) is 5.91 Å². The van der Waals surface area contributed by atoms with E-state index in [2.05, 4.69) is 27.6 Å². The number of carbonyl (C=O) groups is 1. The van der Waals surface area contributed by atoms with Gasteiger partial charge in [-0.25, -0.2) is 10.1 Å². The van der Waals surface area contributed by atoms with E-state index in [4.69, 9.17) is 5.10 Å². The number of carbonyl (C=O) groups excluding carboxylic acids is 1. The number of aryl methyl sites for hydroxylation is 1. The molecule has 0 spiro atoms. The average molecular weight is 446 g/mol. The molecule has 6 nitrogen and oxygen atoms in total. The van der Waals surface area contributed by atoms with E-state index >= 15 is 0 Å². The number of anilines is 1. The van der Waals surface area contributed by atoms with Gasteiger partial charge in [-0.15, -0.1) is 0 Å². The number of aromatic nitrogens is 2. The summed E-state index contributed by atoms with van der Waals surface area (Å²) in [6, 6.07) is 10.3. The minimum absolute atomic E-state index is 0.144. The molecule has 5 fully saturated rings. The molecule has 1 saturated heterocycles. The molecule has 1 aromatic carbocycles. The van der Waals surface area contributed by atoms with Gasteiger partial charge in [0.05, 0.1) is 28.6 Å². The average Bonchev–Trinajstić information content (AvgIpc) is 3.15. The van der Waals surface area contributed by atoms with E-state index in [0.717, 1.165) is 72.9 Å². The molecular formula is C27H35N5O. The lowest BCUT2D eigenvalue weighted by Crippen LogP contribution is -2.52. The van der Waals surface area contributed by atoms with Crippen molar-refractivity contribution >= 4 is 17.9 Å². The highest BCUT2D eigenvalue weighted by molar-refractivity contribution is 5.90. The Hall–Kier alpha value is -2.63. The summed E-state index contributed by atoms with van der Waals surface area (Å²) >= 11 is 0. The summed E-state index contributed by atoms with van der Waals surface area (Å²) in [6.07, 6.45) is 12.7. The summed E-state index contributed by atoms with van der Waals surface area (Å²) in [5.41, 5.74) is 5.79. The van der Waals surface area contributed by atoms with E-state index in [-0.39, 0.29) is 11.3 Å². The van der Waals surface area contributed by atoms with Gasteiger partial charge >= 0.3 is 0 Å². The Morgan fingerprint density at radius 1 is 1.03 bits per heavy atom. The second-order valence-corrected chi connectivity index (χ2v) is 11.0. The molecule has 174 valence electrons. The Balaban J connectivity index is 1.27. The van der Waals surface area contributed by atoms with Crippen LogP contribution in [-0.2, 0) is 4.79 Å². The maximum atomic E-state index is 13.3. The SMILES string of the molecule is Cc1nn(-c2ccccc2)c(N2CCCCC2)c1/C=N\NC(=O)C12CC3CC(CC(C3)C1)C2. The number of hydrogen-bond donors (Lipinski definition) is 1. The topological polar surface area (TPSA) is 62.5 Å². The zero-order chi connectivity index (χ0) is 22.4. The number of nitrogens with one attached hydrogen (secondary N) is 1. The molecular weight excluding hydrogens is 410 g/mol. The molecule has 6 heteroatoms. The highest BCUT2D eigenvalue weighted by atomic mass is 16.2. The summed E-state index contributed by atoms with van der Waals surface area (Å²) in [7, 11) is 0. The van der Waals surface area contributed by atoms with Crippen LogP contribution in [0.2, 0.25) is 0 Å². The van der Waals surface area contributed by atoms with Crippen molar-refractivity contribution in [2.45, 2.75) is 64.7 Å². The van der Waals surface area contributed by atoms with Crippen molar-refractivity contribution in [1.82, 2.24) is 15.2 Å². The number of nitrogens with zero attached hydrogens (tertiary/aromatic N) is 4. The third-order valence-electron chi connectivity index (χ3n) is 8.62. The fraction of sp³-hybridized carbons (Fsp3) is 0.593. The molecule has 4 bridgehead atoms. The molecule has 1 amide bonds. The first kappa shape index (κ1) is 20.9. The zero-order valence-corrected chi connectivity index (χ0v) is 19.7. The van der Waals surface area contributed by atoms with Crippen molar-refractivity contribution in [2.24, 2.45) is 28.3 Å². The minimum atomic E-state index is -0.176. The van der Waals surface area contributed by atoms with E-state index in [9.17, 15) is 4.79 Å². The fourth-order valence-corrected chi connectivity index (χ4v) is 7.50. The van der Waals surface area contributed by atoms with Crippen molar-refractivity contribution in [1.29, 1.82) is 0 Å². The molecule has 33 heavy (non-hydrogen) atoms. The van der Waals surface area contributed by atoms with Crippen molar-refractivity contribution < 1.29 is 4.79 Å². The summed E-state index contributed by atoms with van der Waals surface area (Å²) < 4.78 is 2.04. The summed E-state index contributed by atoms with van der Waals surface area (Å²) in [5.74, 6) is 3.49. The minimum Gasteiger partial charge on any atom is -0.356 e. The van der Waals surface area contributed by atoms with Crippen molar-refractivity contribution in [3.05, 3.63) is 41.6 Å². The molecule has 0 unspecified atom stereocenters. The molecule has 2 heterocycles. The molecule has 4 aliphatic carbocycles. The van der Waals surface area contributed by atoms with Crippen LogP contribution in [0.4, 0.5) is 5.82 Å². The van der Waals surface area contributed by atoms with Crippen LogP contribution in [0, 0.1) is 30.1 Å². The van der Waals surface area contributed by atoms with Gasteiger partial charge in [0.25, 0.3) is 0 Å². The number of para-hydroxylation sites is 1. The molecule has 0 radical (unpaired) electrons. The van der Waals surface area contributed by atoms with E-state index in [1.807, 2.05) is 36.0 Å². The van der Waals surface area contributed by atoms with E-state index in [1.54, 1.807) is 0 Å². The van der Waals surface area contributed by atoms with Crippen LogP contribution in [0.25, 0.3) is 5.69 Å². The van der Waals surface area contributed by atoms with Crippen molar-refractivity contribution in [3.8, 4) is 5.69 Å². The van der Waals surface area contributed by atoms with Gasteiger partial charge in [0.1, 0.15) is 5.82 Å². The Kier molecular flexibility index (Phi) is 5.27. The number of hydrogen-bond acceptors (Lipinski definition) is 4. The lowest BCUT2D eigenvalue weighted by Gasteiger charge is -2.55. The van der Waals surface area contributed by atoms with Crippen LogP contribution >= 0.6 is 0 Å². The molecule has 2 aromatic rings. The first-order valence-electron chi connectivity index (χ1n) is 12.8. The summed E-state index contributed by atoms with van der Waals surface area (Å²) in [6.45, 7) is 4.09. The van der Waals surface area contributed by atoms with Gasteiger partial charge in [-0.3, -0.25) is 4.79 Å². The number of rotatable bonds is 5. The normalized spacial score (nSPS) is 30.8. The maximum absolute atomic E-state index is 13.3. The predicted molar refractivity (Wildman–Crippen MR) is 131 cm³/mol. The van der Waals surface area contributed by atoms with Crippen LogP contribution in [0.5, 0.6) is 0 Å². The highest BCUT2D eigenvalue weighted by Gasteiger charge is 2.54. The summed E-state index contributed by atoms with van der Waals surface area (Å²) in [5, 5.41) is 9.40. The lowest BCUT2D eigenvalue weighted by atomic mass is 9.49. The van der Waals surface area contributed by atoms with Gasteiger partial charge in [0, 0.05) is 13.1 Å². The molecule has 4 saturated carbocycles. The fourth-order valence-electron chi connectivity index (χ4n) is 7.50. The molecule has 7 rings (SSSR count). The number of hydrazone groups is 1. The smallest absolute Gasteiger partial charge is 0.246 e. The van der Waals surface area contributed by atoms with Crippen LogP contribution in [0.1, 0.15) is 69.0 Å². The Labute approximate surface area is 196 Å². The van der Waals surface area contributed by atoms with Gasteiger partial charge in [-0.1, -0.05) is 18.2 Å². The summed E-state index contributed by atoms with van der Waals surface area (Å²) in [4.78, 5) is 15.8. The van der Waals surface area contributed by atoms with Crippen molar-refractivity contribution in [3.63, 3.8) is 0 Å². The van der Waals surface area contributed by atoms with Crippen LogP contribution < -0.4 is 10.3 Å². The zero-order valence-electron chi connectivity index (χ0n) is 19.7. The van der Waals surface area contributed by atoms with E-state index in [0.29, 0.717) is 0 Å². The first-order chi connectivity index (χ1) is 16.1. The molecule has 1 aromatic heterocycles. The van der Waals surface area contributed by atoms with Crippen LogP contribution in [0.15, 0.2) is 35.4 Å². The number of amides is 1. The van der Waals surface area contributed by atoms with Gasteiger partial charge < -0.3 is 4.90 Å². The third-order valence-corrected chi connectivity index (χ3v) is 8.62. The van der Waals surface area contributed by atoms with Gasteiger partial charge in [-0.05, 0) is 94.6 Å². The van der Waals surface area contributed by atoms with Gasteiger partial charge in [0.15, 0.2) is 0 Å². The number of benzene rings is 1. The second kappa shape index (κ2) is 8.30. The predicted octanol–water partition coefficient (Wildman–Crippen LogP) is 4.84. The third kappa shape index (κ3) is 3.77. The monoisotopic (exact) mass is 445 g/mol. The van der Waals surface area contributed by atoms with Crippen LogP contribution in [0.3, 0.4) is 0 Å². The first-order valence-corrected chi connectivity index (χ1v) is 12.8. The second-order valence-electron chi connectivity index (χ2n) is 11.0. The Morgan fingerprint density at radius 3 is 2.30 bits per heavy atom. The molecule has 5 aliphatic rings. The van der Waals surface area contributed by atoms with Crippen molar-refractivity contribution in [2.75, 3.05) is 18.0 Å². The largest absolute Gasteiger partial charge is 0.356 e. The lowest BCUT2D eigenvalue weighted by molar-refractivity contribution is -0.146. The molecule has 1 aliphatic heterocycles. The maximum Gasteiger partial charge on any atom is 0.246 e. The van der Waals surface area contributed by atoms with E-state index < -0.39 is 0 Å². The highest BCUT2D eigenvalue weighted by Crippen LogP contribution is 2.60. The Bertz CT molecular complexity index is 1010. The Morgan fingerprint density at radius 2 is 1.67 bits per heavy atom. The number of piperidine rings is 1. The molecule has 0 atom stereocenters.